The van der Waals surface area contributed by atoms with E-state index in [1.54, 1.807) is 29.3 Å². The number of rotatable bonds is 5. The summed E-state index contributed by atoms with van der Waals surface area (Å²) in [6.07, 6.45) is 5.76. The molecule has 0 bridgehead atoms. The van der Waals surface area contributed by atoms with Gasteiger partial charge in [0, 0.05) is 16.8 Å². The number of aromatic amines is 1. The van der Waals surface area contributed by atoms with Gasteiger partial charge in [-0.2, -0.15) is 0 Å². The van der Waals surface area contributed by atoms with Crippen molar-refractivity contribution >= 4 is 35.3 Å². The number of pyridine rings is 1. The summed E-state index contributed by atoms with van der Waals surface area (Å²) in [7, 11) is 0. The molecule has 0 spiro atoms. The number of nitrogens with zero attached hydrogens (tertiary/aromatic N) is 3. The van der Waals surface area contributed by atoms with Gasteiger partial charge in [-0.05, 0) is 35.7 Å². The van der Waals surface area contributed by atoms with E-state index in [0.29, 0.717) is 0 Å². The van der Waals surface area contributed by atoms with Crippen LogP contribution in [-0.4, -0.2) is 20.2 Å². The predicted octanol–water partition coefficient (Wildman–Crippen LogP) is 3.72. The SMILES string of the molecule is C(=Cc1cccs1)c1nc(SCc2ccccn2)n[nH]1. The monoisotopic (exact) mass is 300 g/mol. The second-order valence-electron chi connectivity index (χ2n) is 3.96. The normalized spacial score (nSPS) is 11.2. The average molecular weight is 300 g/mol. The lowest BCUT2D eigenvalue weighted by molar-refractivity contribution is 0.970. The van der Waals surface area contributed by atoms with Crippen molar-refractivity contribution in [1.82, 2.24) is 20.2 Å². The minimum atomic E-state index is 0.737. The highest BCUT2D eigenvalue weighted by atomic mass is 32.2. The van der Waals surface area contributed by atoms with Gasteiger partial charge in [0.25, 0.3) is 0 Å². The standard InChI is InChI=1S/C14H12N4S2/c1-2-8-15-11(4-1)10-20-14-16-13(17-18-14)7-6-12-5-3-9-19-12/h1-9H,10H2,(H,16,17,18). The number of aromatic nitrogens is 4. The largest absolute Gasteiger partial charge is 0.260 e. The lowest BCUT2D eigenvalue weighted by atomic mass is 10.4. The van der Waals surface area contributed by atoms with Gasteiger partial charge in [0.15, 0.2) is 0 Å². The van der Waals surface area contributed by atoms with Gasteiger partial charge in [-0.1, -0.05) is 23.9 Å². The molecule has 0 unspecified atom stereocenters. The van der Waals surface area contributed by atoms with E-state index in [1.165, 1.54) is 4.88 Å². The third kappa shape index (κ3) is 3.55. The number of hydrogen-bond donors (Lipinski definition) is 1. The molecule has 0 aliphatic heterocycles. The van der Waals surface area contributed by atoms with Crippen LogP contribution in [0.25, 0.3) is 12.2 Å². The molecule has 3 aromatic heterocycles. The van der Waals surface area contributed by atoms with Gasteiger partial charge in [-0.15, -0.1) is 16.4 Å². The van der Waals surface area contributed by atoms with Gasteiger partial charge < -0.3 is 0 Å². The van der Waals surface area contributed by atoms with Gasteiger partial charge in [0.1, 0.15) is 5.82 Å². The lowest BCUT2D eigenvalue weighted by Gasteiger charge is -1.95. The Balaban J connectivity index is 1.59. The third-order valence-electron chi connectivity index (χ3n) is 2.51. The fraction of sp³-hybridized carbons (Fsp3) is 0.0714. The summed E-state index contributed by atoms with van der Waals surface area (Å²) < 4.78 is 0. The predicted molar refractivity (Wildman–Crippen MR) is 83.4 cm³/mol. The average Bonchev–Trinajstić information content (AvgIpc) is 3.16. The molecule has 0 saturated carbocycles. The summed E-state index contributed by atoms with van der Waals surface area (Å²) in [4.78, 5) is 9.88. The first-order chi connectivity index (χ1) is 9.90. The molecule has 0 aromatic carbocycles. The van der Waals surface area contributed by atoms with Crippen molar-refractivity contribution in [3.63, 3.8) is 0 Å². The van der Waals surface area contributed by atoms with E-state index in [-0.39, 0.29) is 0 Å². The van der Waals surface area contributed by atoms with Crippen molar-refractivity contribution < 1.29 is 0 Å². The zero-order chi connectivity index (χ0) is 13.6. The maximum Gasteiger partial charge on any atom is 0.209 e. The first-order valence-corrected chi connectivity index (χ1v) is 7.93. The van der Waals surface area contributed by atoms with Crippen molar-refractivity contribution in [3.8, 4) is 0 Å². The van der Waals surface area contributed by atoms with E-state index in [0.717, 1.165) is 22.4 Å². The molecule has 6 heteroatoms. The van der Waals surface area contributed by atoms with Gasteiger partial charge >= 0.3 is 0 Å². The van der Waals surface area contributed by atoms with Crippen LogP contribution in [-0.2, 0) is 5.75 Å². The summed E-state index contributed by atoms with van der Waals surface area (Å²) in [6.45, 7) is 0. The minimum absolute atomic E-state index is 0.737. The molecule has 4 nitrogen and oxygen atoms in total. The van der Waals surface area contributed by atoms with E-state index in [9.17, 15) is 0 Å². The maximum absolute atomic E-state index is 4.41. The maximum atomic E-state index is 4.41. The Kier molecular flexibility index (Phi) is 4.25. The Morgan fingerprint density at radius 2 is 2.20 bits per heavy atom. The van der Waals surface area contributed by atoms with Crippen LogP contribution in [0.3, 0.4) is 0 Å². The molecular formula is C14H12N4S2. The number of H-pyrrole nitrogens is 1. The number of thioether (sulfide) groups is 1. The molecule has 3 heterocycles. The Bertz CT molecular complexity index is 674. The Morgan fingerprint density at radius 3 is 3.00 bits per heavy atom. The molecule has 0 aliphatic rings. The molecule has 3 aromatic rings. The van der Waals surface area contributed by atoms with E-state index >= 15 is 0 Å². The number of hydrogen-bond acceptors (Lipinski definition) is 5. The molecule has 0 aliphatic carbocycles. The van der Waals surface area contributed by atoms with E-state index in [4.69, 9.17) is 0 Å². The summed E-state index contributed by atoms with van der Waals surface area (Å²) >= 11 is 3.26. The molecule has 0 saturated heterocycles. The van der Waals surface area contributed by atoms with Crippen molar-refractivity contribution in [3.05, 3.63) is 58.3 Å². The topological polar surface area (TPSA) is 54.5 Å². The number of nitrogens with one attached hydrogen (secondary N) is 1. The lowest BCUT2D eigenvalue weighted by Crippen LogP contribution is -1.85. The van der Waals surface area contributed by atoms with Crippen molar-refractivity contribution in [2.75, 3.05) is 0 Å². The van der Waals surface area contributed by atoms with Gasteiger partial charge in [-0.3, -0.25) is 10.1 Å². The molecule has 20 heavy (non-hydrogen) atoms. The van der Waals surface area contributed by atoms with Crippen LogP contribution in [0.1, 0.15) is 16.4 Å². The van der Waals surface area contributed by atoms with Crippen molar-refractivity contribution in [2.45, 2.75) is 10.9 Å². The summed E-state index contributed by atoms with van der Waals surface area (Å²) in [5.41, 5.74) is 1.03. The highest BCUT2D eigenvalue weighted by Crippen LogP contribution is 2.18. The summed E-state index contributed by atoms with van der Waals surface area (Å²) in [5.74, 6) is 1.54. The Labute approximate surface area is 125 Å². The second kappa shape index (κ2) is 6.49. The molecular weight excluding hydrogens is 288 g/mol. The molecule has 0 fully saturated rings. The molecule has 3 rings (SSSR count). The first kappa shape index (κ1) is 13.1. The van der Waals surface area contributed by atoms with Crippen LogP contribution >= 0.6 is 23.1 Å². The first-order valence-electron chi connectivity index (χ1n) is 6.07. The Morgan fingerprint density at radius 1 is 1.20 bits per heavy atom. The van der Waals surface area contributed by atoms with E-state index < -0.39 is 0 Å². The van der Waals surface area contributed by atoms with Crippen LogP contribution < -0.4 is 0 Å². The third-order valence-corrected chi connectivity index (χ3v) is 4.22. The molecule has 0 radical (unpaired) electrons. The van der Waals surface area contributed by atoms with Crippen LogP contribution in [0.2, 0.25) is 0 Å². The van der Waals surface area contributed by atoms with Gasteiger partial charge in [0.05, 0.1) is 5.69 Å². The van der Waals surface area contributed by atoms with E-state index in [2.05, 4.69) is 26.2 Å². The minimum Gasteiger partial charge on any atom is -0.260 e. The van der Waals surface area contributed by atoms with Crippen LogP contribution in [0.15, 0.2) is 47.1 Å². The molecule has 100 valence electrons. The highest BCUT2D eigenvalue weighted by molar-refractivity contribution is 7.98. The van der Waals surface area contributed by atoms with Crippen LogP contribution in [0, 0.1) is 0 Å². The molecule has 0 amide bonds. The second-order valence-corrected chi connectivity index (χ2v) is 5.88. The number of thiophene rings is 1. The quantitative estimate of drug-likeness (QED) is 0.730. The van der Waals surface area contributed by atoms with Crippen molar-refractivity contribution in [2.24, 2.45) is 0 Å². The highest BCUT2D eigenvalue weighted by Gasteiger charge is 2.02. The zero-order valence-electron chi connectivity index (χ0n) is 10.6. The summed E-state index contributed by atoms with van der Waals surface area (Å²) in [6, 6.07) is 9.98. The molecule has 1 N–H and O–H groups in total. The fourth-order valence-corrected chi connectivity index (χ4v) is 2.91. The van der Waals surface area contributed by atoms with Crippen molar-refractivity contribution in [1.29, 1.82) is 0 Å². The van der Waals surface area contributed by atoms with E-state index in [1.807, 2.05) is 41.8 Å². The smallest absolute Gasteiger partial charge is 0.209 e. The van der Waals surface area contributed by atoms with Gasteiger partial charge in [0.2, 0.25) is 5.16 Å². The molecule has 0 atom stereocenters. The fourth-order valence-electron chi connectivity index (χ4n) is 1.57. The Hall–Kier alpha value is -1.92. The summed E-state index contributed by atoms with van der Waals surface area (Å²) in [5, 5.41) is 9.89. The van der Waals surface area contributed by atoms with Gasteiger partial charge in [-0.25, -0.2) is 4.98 Å². The van der Waals surface area contributed by atoms with Crippen LogP contribution in [0.5, 0.6) is 0 Å². The zero-order valence-corrected chi connectivity index (χ0v) is 12.2. The van der Waals surface area contributed by atoms with Crippen LogP contribution in [0.4, 0.5) is 0 Å².